The van der Waals surface area contributed by atoms with Crippen LogP contribution in [0.4, 0.5) is 0 Å². The summed E-state index contributed by atoms with van der Waals surface area (Å²) in [7, 11) is 1.68. The second-order valence-corrected chi connectivity index (χ2v) is 6.86. The third kappa shape index (κ3) is 4.08. The number of rotatable bonds is 4. The molecule has 2 aliphatic rings. The van der Waals surface area contributed by atoms with E-state index in [0.717, 1.165) is 38.1 Å². The Morgan fingerprint density at radius 2 is 1.92 bits per heavy atom. The Morgan fingerprint density at radius 1 is 1.21 bits per heavy atom. The summed E-state index contributed by atoms with van der Waals surface area (Å²) in [5.74, 6) is 1.78. The molecule has 24 heavy (non-hydrogen) atoms. The predicted molar refractivity (Wildman–Crippen MR) is 91.7 cm³/mol. The maximum absolute atomic E-state index is 12.6. The summed E-state index contributed by atoms with van der Waals surface area (Å²) in [6.45, 7) is 2.18. The van der Waals surface area contributed by atoms with Crippen molar-refractivity contribution in [3.05, 3.63) is 29.8 Å². The highest BCUT2D eigenvalue weighted by atomic mass is 16.5. The summed E-state index contributed by atoms with van der Waals surface area (Å²) in [6.07, 6.45) is 4.33. The molecule has 0 saturated carbocycles. The number of piperidine rings is 2. The summed E-state index contributed by atoms with van der Waals surface area (Å²) in [5.41, 5.74) is 1.33. The fraction of sp³-hybridized carbons (Fsp3) is 0.579. The Morgan fingerprint density at radius 3 is 2.50 bits per heavy atom. The minimum absolute atomic E-state index is 0.0270. The van der Waals surface area contributed by atoms with Gasteiger partial charge in [0.15, 0.2) is 0 Å². The molecule has 3 rings (SSSR count). The molecular weight excluding hydrogens is 304 g/mol. The van der Waals surface area contributed by atoms with E-state index in [1.165, 1.54) is 5.56 Å². The number of nitrogens with one attached hydrogen (secondary N) is 1. The number of carbonyl (C=O) groups is 2. The van der Waals surface area contributed by atoms with Gasteiger partial charge in [-0.15, -0.1) is 0 Å². The number of carbonyl (C=O) groups excluding carboxylic acids is 2. The summed E-state index contributed by atoms with van der Waals surface area (Å²) < 4.78 is 5.19. The van der Waals surface area contributed by atoms with Crippen molar-refractivity contribution >= 4 is 11.8 Å². The van der Waals surface area contributed by atoms with Gasteiger partial charge in [0, 0.05) is 26.1 Å². The van der Waals surface area contributed by atoms with Crippen LogP contribution in [0.3, 0.4) is 0 Å². The zero-order valence-electron chi connectivity index (χ0n) is 14.3. The third-order valence-electron chi connectivity index (χ3n) is 5.22. The van der Waals surface area contributed by atoms with Crippen molar-refractivity contribution in [2.45, 2.75) is 32.1 Å². The van der Waals surface area contributed by atoms with Crippen molar-refractivity contribution in [2.24, 2.45) is 11.8 Å². The molecule has 0 aromatic heterocycles. The molecule has 0 bridgehead atoms. The van der Waals surface area contributed by atoms with Crippen LogP contribution < -0.4 is 10.1 Å². The number of amides is 2. The highest BCUT2D eigenvalue weighted by molar-refractivity contribution is 5.83. The number of hydrogen-bond acceptors (Lipinski definition) is 3. The van der Waals surface area contributed by atoms with E-state index >= 15 is 0 Å². The number of likely N-dealkylation sites (tertiary alicyclic amines) is 1. The standard InChI is InChI=1S/C19H26N2O3/c1-24-17-5-2-14(3-6-17)12-15-8-10-21(11-9-15)19(23)16-4-7-18(22)20-13-16/h2-3,5-6,15-16H,4,7-13H2,1H3,(H,20,22)/t16-/m0/s1. The quantitative estimate of drug-likeness (QED) is 0.919. The first-order chi connectivity index (χ1) is 11.7. The lowest BCUT2D eigenvalue weighted by Crippen LogP contribution is -2.47. The van der Waals surface area contributed by atoms with Gasteiger partial charge in [-0.1, -0.05) is 12.1 Å². The van der Waals surface area contributed by atoms with Gasteiger partial charge in [-0.05, 0) is 49.3 Å². The Bertz CT molecular complexity index is 567. The molecule has 5 nitrogen and oxygen atoms in total. The summed E-state index contributed by atoms with van der Waals surface area (Å²) in [5, 5.41) is 2.81. The average Bonchev–Trinajstić information content (AvgIpc) is 2.63. The Balaban J connectivity index is 1.46. The fourth-order valence-electron chi connectivity index (χ4n) is 3.65. The monoisotopic (exact) mass is 330 g/mol. The first-order valence-electron chi connectivity index (χ1n) is 8.84. The molecule has 0 aliphatic carbocycles. The second-order valence-electron chi connectivity index (χ2n) is 6.86. The van der Waals surface area contributed by atoms with Crippen molar-refractivity contribution < 1.29 is 14.3 Å². The van der Waals surface area contributed by atoms with Gasteiger partial charge in [0.05, 0.1) is 13.0 Å². The molecule has 1 N–H and O–H groups in total. The van der Waals surface area contributed by atoms with Gasteiger partial charge in [0.25, 0.3) is 0 Å². The van der Waals surface area contributed by atoms with Crippen LogP contribution in [0.25, 0.3) is 0 Å². The van der Waals surface area contributed by atoms with Gasteiger partial charge in [-0.2, -0.15) is 0 Å². The third-order valence-corrected chi connectivity index (χ3v) is 5.22. The van der Waals surface area contributed by atoms with E-state index in [9.17, 15) is 9.59 Å². The van der Waals surface area contributed by atoms with Crippen LogP contribution >= 0.6 is 0 Å². The number of ether oxygens (including phenoxy) is 1. The van der Waals surface area contributed by atoms with Crippen LogP contribution in [0.5, 0.6) is 5.75 Å². The van der Waals surface area contributed by atoms with Gasteiger partial charge in [-0.25, -0.2) is 0 Å². The van der Waals surface area contributed by atoms with Crippen LogP contribution in [-0.4, -0.2) is 43.5 Å². The van der Waals surface area contributed by atoms with Crippen molar-refractivity contribution in [1.29, 1.82) is 0 Å². The topological polar surface area (TPSA) is 58.6 Å². The number of methoxy groups -OCH3 is 1. The Hall–Kier alpha value is -2.04. The molecule has 2 aliphatic heterocycles. The molecule has 1 aromatic carbocycles. The Labute approximate surface area is 143 Å². The van der Waals surface area contributed by atoms with E-state index in [1.807, 2.05) is 17.0 Å². The smallest absolute Gasteiger partial charge is 0.227 e. The molecule has 2 saturated heterocycles. The maximum Gasteiger partial charge on any atom is 0.227 e. The zero-order chi connectivity index (χ0) is 16.9. The lowest BCUT2D eigenvalue weighted by Gasteiger charge is -2.35. The molecule has 0 spiro atoms. The summed E-state index contributed by atoms with van der Waals surface area (Å²) >= 11 is 0. The summed E-state index contributed by atoms with van der Waals surface area (Å²) in [4.78, 5) is 25.8. The zero-order valence-corrected chi connectivity index (χ0v) is 14.3. The van der Waals surface area contributed by atoms with Gasteiger partial charge in [-0.3, -0.25) is 9.59 Å². The molecule has 1 atom stereocenters. The number of hydrogen-bond donors (Lipinski definition) is 1. The van der Waals surface area contributed by atoms with Gasteiger partial charge < -0.3 is 15.0 Å². The van der Waals surface area contributed by atoms with Gasteiger partial charge in [0.1, 0.15) is 5.75 Å². The normalized spacial score (nSPS) is 22.1. The molecule has 0 radical (unpaired) electrons. The molecule has 0 unspecified atom stereocenters. The van der Waals surface area contributed by atoms with Crippen LogP contribution in [0.2, 0.25) is 0 Å². The number of benzene rings is 1. The fourth-order valence-corrected chi connectivity index (χ4v) is 3.65. The molecule has 130 valence electrons. The highest BCUT2D eigenvalue weighted by Crippen LogP contribution is 2.25. The van der Waals surface area contributed by atoms with Crippen LogP contribution in [0.15, 0.2) is 24.3 Å². The SMILES string of the molecule is COc1ccc(CC2CCN(C(=O)[C@H]3CCC(=O)NC3)CC2)cc1. The molecule has 5 heteroatoms. The molecular formula is C19H26N2O3. The first-order valence-corrected chi connectivity index (χ1v) is 8.84. The van der Waals surface area contributed by atoms with Gasteiger partial charge >= 0.3 is 0 Å². The predicted octanol–water partition coefficient (Wildman–Crippen LogP) is 2.00. The lowest BCUT2D eigenvalue weighted by molar-refractivity contribution is -0.138. The van der Waals surface area contributed by atoms with Gasteiger partial charge in [0.2, 0.25) is 11.8 Å². The van der Waals surface area contributed by atoms with Crippen LogP contribution in [0, 0.1) is 11.8 Å². The van der Waals surface area contributed by atoms with Crippen molar-refractivity contribution in [1.82, 2.24) is 10.2 Å². The number of nitrogens with zero attached hydrogens (tertiary/aromatic N) is 1. The van der Waals surface area contributed by atoms with Crippen molar-refractivity contribution in [2.75, 3.05) is 26.7 Å². The van der Waals surface area contributed by atoms with E-state index in [0.29, 0.717) is 25.3 Å². The highest BCUT2D eigenvalue weighted by Gasteiger charge is 2.30. The minimum atomic E-state index is -0.0270. The first kappa shape index (κ1) is 16.8. The maximum atomic E-state index is 12.6. The van der Waals surface area contributed by atoms with E-state index < -0.39 is 0 Å². The van der Waals surface area contributed by atoms with E-state index in [2.05, 4.69) is 17.4 Å². The second kappa shape index (κ2) is 7.69. The van der Waals surface area contributed by atoms with E-state index in [-0.39, 0.29) is 17.7 Å². The average molecular weight is 330 g/mol. The molecule has 2 fully saturated rings. The van der Waals surface area contributed by atoms with Crippen LogP contribution in [-0.2, 0) is 16.0 Å². The van der Waals surface area contributed by atoms with E-state index in [1.54, 1.807) is 7.11 Å². The molecule has 1 aromatic rings. The summed E-state index contributed by atoms with van der Waals surface area (Å²) in [6, 6.07) is 8.26. The lowest BCUT2D eigenvalue weighted by atomic mass is 9.89. The van der Waals surface area contributed by atoms with Crippen molar-refractivity contribution in [3.8, 4) is 5.75 Å². The minimum Gasteiger partial charge on any atom is -0.497 e. The van der Waals surface area contributed by atoms with Crippen LogP contribution in [0.1, 0.15) is 31.2 Å². The molecule has 2 heterocycles. The van der Waals surface area contributed by atoms with Crippen molar-refractivity contribution in [3.63, 3.8) is 0 Å². The Kier molecular flexibility index (Phi) is 5.38. The largest absolute Gasteiger partial charge is 0.497 e. The van der Waals surface area contributed by atoms with E-state index in [4.69, 9.17) is 4.74 Å². The molecule has 2 amide bonds.